The molecule has 1 amide bonds. The van der Waals surface area contributed by atoms with Gasteiger partial charge in [-0.05, 0) is 74.7 Å². The molecule has 1 aliphatic heterocycles. The Morgan fingerprint density at radius 3 is 2.20 bits per heavy atom. The van der Waals surface area contributed by atoms with Gasteiger partial charge in [0.1, 0.15) is 5.58 Å². The summed E-state index contributed by atoms with van der Waals surface area (Å²) in [6, 6.07) is 28.9. The largest absolute Gasteiger partial charge is 0.460 e. The van der Waals surface area contributed by atoms with Crippen molar-refractivity contribution >= 4 is 44.3 Å². The van der Waals surface area contributed by atoms with Crippen LogP contribution in [0.15, 0.2) is 106 Å². The highest BCUT2D eigenvalue weighted by Crippen LogP contribution is 2.31. The quantitative estimate of drug-likeness (QED) is 0.106. The van der Waals surface area contributed by atoms with Gasteiger partial charge in [0.15, 0.2) is 5.78 Å². The Bertz CT molecular complexity index is 2150. The summed E-state index contributed by atoms with van der Waals surface area (Å²) in [5.74, 6) is -0.670. The number of amides is 1. The predicted molar refractivity (Wildman–Crippen MR) is 196 cm³/mol. The Hall–Kier alpha value is -5.26. The maximum atomic E-state index is 14.5. The number of anilines is 1. The monoisotopic (exact) mass is 707 g/mol. The molecular weight excluding hydrogens is 667 g/mol. The number of rotatable bonds is 12. The molecule has 6 rings (SSSR count). The molecule has 2 heterocycles. The number of piperazine rings is 1. The van der Waals surface area contributed by atoms with Gasteiger partial charge in [-0.2, -0.15) is 4.31 Å². The lowest BCUT2D eigenvalue weighted by Gasteiger charge is -2.37. The van der Waals surface area contributed by atoms with Crippen molar-refractivity contribution in [2.24, 2.45) is 0 Å². The van der Waals surface area contributed by atoms with Gasteiger partial charge in [0, 0.05) is 67.0 Å². The van der Waals surface area contributed by atoms with Crippen LogP contribution in [0.4, 0.5) is 5.69 Å². The second-order valence-electron chi connectivity index (χ2n) is 12.6. The molecule has 0 aliphatic carbocycles. The molecule has 0 atom stereocenters. The number of nitrogens with zero attached hydrogens (tertiary/aromatic N) is 3. The number of ketones is 1. The van der Waals surface area contributed by atoms with Crippen molar-refractivity contribution in [3.63, 3.8) is 0 Å². The van der Waals surface area contributed by atoms with Gasteiger partial charge in [-0.1, -0.05) is 60.7 Å². The first kappa shape index (κ1) is 35.6. The summed E-state index contributed by atoms with van der Waals surface area (Å²) in [4.78, 5) is 41.5. The summed E-state index contributed by atoms with van der Waals surface area (Å²) in [5, 5.41) is 0.532. The molecule has 0 N–H and O–H groups in total. The molecule has 1 aromatic heterocycles. The molecule has 51 heavy (non-hydrogen) atoms. The molecule has 0 unspecified atom stereocenters. The van der Waals surface area contributed by atoms with Gasteiger partial charge < -0.3 is 19.0 Å². The highest BCUT2D eigenvalue weighted by Gasteiger charge is 2.29. The number of sulfonamides is 1. The molecule has 5 aromatic rings. The Labute approximate surface area is 298 Å². The second kappa shape index (κ2) is 15.3. The minimum atomic E-state index is -4.02. The average molecular weight is 708 g/mol. The molecule has 11 heteroatoms. The van der Waals surface area contributed by atoms with Crippen molar-refractivity contribution in [1.29, 1.82) is 0 Å². The first-order valence-corrected chi connectivity index (χ1v) is 18.5. The number of esters is 1. The van der Waals surface area contributed by atoms with Crippen LogP contribution in [-0.2, 0) is 27.7 Å². The first-order chi connectivity index (χ1) is 24.6. The maximum Gasteiger partial charge on any atom is 0.374 e. The molecule has 264 valence electrons. The normalized spacial score (nSPS) is 13.5. The maximum absolute atomic E-state index is 14.5. The van der Waals surface area contributed by atoms with Crippen molar-refractivity contribution < 1.29 is 32.0 Å². The first-order valence-electron chi connectivity index (χ1n) is 17.0. The number of ether oxygens (including phenoxy) is 1. The van der Waals surface area contributed by atoms with Gasteiger partial charge in [0.25, 0.3) is 5.91 Å². The number of hydrogen-bond acceptors (Lipinski definition) is 8. The van der Waals surface area contributed by atoms with Crippen LogP contribution in [0.1, 0.15) is 61.8 Å². The third kappa shape index (κ3) is 7.74. The summed E-state index contributed by atoms with van der Waals surface area (Å²) in [6.45, 7) is 7.62. The standard InChI is InChI=1S/C40H41N3O7S/c1-4-49-40(46)38-28(2)35-26-34(18-19-37(35)50-38)51(47,48)43(21-20-30-10-6-5-7-11-30)27-33-12-8-9-13-36(33)41-22-24-42(25-23-41)39(45)32-16-14-31(15-17-32)29(3)44/h5-19,26H,4,20-25,27H2,1-3H3. The fourth-order valence-corrected chi connectivity index (χ4v) is 7.85. The van der Waals surface area contributed by atoms with Crippen LogP contribution in [0.5, 0.6) is 0 Å². The van der Waals surface area contributed by atoms with Gasteiger partial charge in [0.05, 0.1) is 11.5 Å². The number of furan rings is 1. The number of benzene rings is 4. The lowest BCUT2D eigenvalue weighted by molar-refractivity contribution is 0.0491. The van der Waals surface area contributed by atoms with Crippen molar-refractivity contribution in [3.05, 3.63) is 131 Å². The van der Waals surface area contributed by atoms with E-state index in [1.165, 1.54) is 17.3 Å². The van der Waals surface area contributed by atoms with Crippen molar-refractivity contribution in [3.8, 4) is 0 Å². The zero-order valence-electron chi connectivity index (χ0n) is 29.0. The molecule has 10 nitrogen and oxygen atoms in total. The van der Waals surface area contributed by atoms with E-state index < -0.39 is 16.0 Å². The van der Waals surface area contributed by atoms with E-state index in [1.807, 2.05) is 54.6 Å². The fraction of sp³-hybridized carbons (Fsp3) is 0.275. The Kier molecular flexibility index (Phi) is 10.7. The molecular formula is C40H41N3O7S. The third-order valence-electron chi connectivity index (χ3n) is 9.28. The van der Waals surface area contributed by atoms with Gasteiger partial charge >= 0.3 is 5.97 Å². The van der Waals surface area contributed by atoms with Crippen LogP contribution in [0.3, 0.4) is 0 Å². The molecule has 0 bridgehead atoms. The number of carbonyl (C=O) groups excluding carboxylic acids is 3. The fourth-order valence-electron chi connectivity index (χ4n) is 6.41. The van der Waals surface area contributed by atoms with Crippen LogP contribution >= 0.6 is 0 Å². The smallest absolute Gasteiger partial charge is 0.374 e. The van der Waals surface area contributed by atoms with Crippen LogP contribution in [0.2, 0.25) is 0 Å². The van der Waals surface area contributed by atoms with Crippen LogP contribution in [-0.4, -0.2) is 74.6 Å². The number of Topliss-reactive ketones (excluding diaryl/α,β-unsaturated/α-hetero) is 1. The molecule has 0 spiro atoms. The Balaban J connectivity index is 1.25. The van der Waals surface area contributed by atoms with Gasteiger partial charge in [0.2, 0.25) is 15.8 Å². The van der Waals surface area contributed by atoms with Crippen molar-refractivity contribution in [2.45, 2.75) is 38.6 Å². The summed E-state index contributed by atoms with van der Waals surface area (Å²) in [7, 11) is -4.02. The highest BCUT2D eigenvalue weighted by atomic mass is 32.2. The van der Waals surface area contributed by atoms with Gasteiger partial charge in [-0.15, -0.1) is 0 Å². The molecule has 1 aliphatic rings. The van der Waals surface area contributed by atoms with Crippen molar-refractivity contribution in [1.82, 2.24) is 9.21 Å². The predicted octanol–water partition coefficient (Wildman–Crippen LogP) is 6.52. The average Bonchev–Trinajstić information content (AvgIpc) is 3.49. The van der Waals surface area contributed by atoms with E-state index in [9.17, 15) is 22.8 Å². The number of fused-ring (bicyclic) bond motifs is 1. The zero-order chi connectivity index (χ0) is 36.1. The molecule has 1 saturated heterocycles. The van der Waals surface area contributed by atoms with E-state index >= 15 is 0 Å². The summed E-state index contributed by atoms with van der Waals surface area (Å²) in [6.07, 6.45) is 0.510. The third-order valence-corrected chi connectivity index (χ3v) is 11.1. The van der Waals surface area contributed by atoms with E-state index in [1.54, 1.807) is 55.1 Å². The number of hydrogen-bond donors (Lipinski definition) is 0. The summed E-state index contributed by atoms with van der Waals surface area (Å²) >= 11 is 0. The van der Waals surface area contributed by atoms with E-state index in [2.05, 4.69) is 4.90 Å². The SMILES string of the molecule is CCOC(=O)c1oc2ccc(S(=O)(=O)N(CCc3ccccc3)Cc3ccccc3N3CCN(C(=O)c4ccc(C(C)=O)cc4)CC3)cc2c1C. The minimum absolute atomic E-state index is 0.0496. The van der Waals surface area contributed by atoms with Crippen LogP contribution < -0.4 is 4.90 Å². The lowest BCUT2D eigenvalue weighted by atomic mass is 10.1. The van der Waals surface area contributed by atoms with E-state index in [4.69, 9.17) is 9.15 Å². The van der Waals surface area contributed by atoms with Crippen LogP contribution in [0, 0.1) is 6.92 Å². The summed E-state index contributed by atoms with van der Waals surface area (Å²) in [5.41, 5.74) is 4.80. The van der Waals surface area contributed by atoms with Crippen LogP contribution in [0.25, 0.3) is 11.0 Å². The van der Waals surface area contributed by atoms with E-state index in [0.717, 1.165) is 16.8 Å². The second-order valence-corrected chi connectivity index (χ2v) is 14.5. The summed E-state index contributed by atoms with van der Waals surface area (Å²) < 4.78 is 41.4. The topological polar surface area (TPSA) is 117 Å². The number of aryl methyl sites for hydroxylation is 1. The molecule has 1 fully saturated rings. The van der Waals surface area contributed by atoms with E-state index in [0.29, 0.717) is 60.3 Å². The highest BCUT2D eigenvalue weighted by molar-refractivity contribution is 7.89. The molecule has 4 aromatic carbocycles. The molecule has 0 radical (unpaired) electrons. The van der Waals surface area contributed by atoms with Crippen molar-refractivity contribution in [2.75, 3.05) is 44.2 Å². The zero-order valence-corrected chi connectivity index (χ0v) is 29.8. The molecule has 0 saturated carbocycles. The van der Waals surface area contributed by atoms with Gasteiger partial charge in [-0.25, -0.2) is 13.2 Å². The number of carbonyl (C=O) groups is 3. The van der Waals surface area contributed by atoms with Gasteiger partial charge in [-0.3, -0.25) is 9.59 Å². The Morgan fingerprint density at radius 2 is 1.51 bits per heavy atom. The number of para-hydroxylation sites is 1. The Morgan fingerprint density at radius 1 is 0.843 bits per heavy atom. The lowest BCUT2D eigenvalue weighted by Crippen LogP contribution is -2.49. The van der Waals surface area contributed by atoms with E-state index in [-0.39, 0.29) is 42.0 Å². The minimum Gasteiger partial charge on any atom is -0.460 e.